The largest absolute Gasteiger partial charge is 0.380 e. The van der Waals surface area contributed by atoms with Crippen molar-refractivity contribution in [2.75, 3.05) is 31.6 Å². The maximum Gasteiger partial charge on any atom is 0.0713 e. The fraction of sp³-hybridized carbons (Fsp3) is 0.625. The van der Waals surface area contributed by atoms with Gasteiger partial charge in [-0.05, 0) is 43.5 Å². The minimum atomic E-state index is 0.697. The van der Waals surface area contributed by atoms with E-state index >= 15 is 0 Å². The first-order valence-electron chi connectivity index (χ1n) is 7.39. The number of anilines is 1. The summed E-state index contributed by atoms with van der Waals surface area (Å²) in [5, 5.41) is 3.63. The average Bonchev–Trinajstić information content (AvgIpc) is 2.46. The molecule has 0 bridgehead atoms. The maximum absolute atomic E-state index is 5.20. The van der Waals surface area contributed by atoms with Crippen molar-refractivity contribution in [1.29, 1.82) is 0 Å². The Morgan fingerprint density at radius 3 is 2.79 bits per heavy atom. The SMILES string of the molecule is CCCNC1CCN(c2cccc(COC)c2)CC1. The Kier molecular flexibility index (Phi) is 5.67. The Hall–Kier alpha value is -1.06. The van der Waals surface area contributed by atoms with Gasteiger partial charge in [0.1, 0.15) is 0 Å². The number of nitrogens with zero attached hydrogens (tertiary/aromatic N) is 1. The van der Waals surface area contributed by atoms with Gasteiger partial charge >= 0.3 is 0 Å². The van der Waals surface area contributed by atoms with E-state index in [0.717, 1.165) is 19.6 Å². The van der Waals surface area contributed by atoms with Crippen molar-refractivity contribution in [2.45, 2.75) is 38.8 Å². The molecule has 1 fully saturated rings. The minimum Gasteiger partial charge on any atom is -0.380 e. The molecule has 0 aliphatic carbocycles. The molecule has 106 valence electrons. The highest BCUT2D eigenvalue weighted by Gasteiger charge is 2.18. The van der Waals surface area contributed by atoms with Gasteiger partial charge in [0.05, 0.1) is 6.61 Å². The highest BCUT2D eigenvalue weighted by molar-refractivity contribution is 5.48. The zero-order chi connectivity index (χ0) is 13.5. The molecule has 0 spiro atoms. The monoisotopic (exact) mass is 262 g/mol. The van der Waals surface area contributed by atoms with Gasteiger partial charge in [0.2, 0.25) is 0 Å². The van der Waals surface area contributed by atoms with E-state index in [1.54, 1.807) is 7.11 Å². The van der Waals surface area contributed by atoms with E-state index in [2.05, 4.69) is 41.4 Å². The lowest BCUT2D eigenvalue weighted by Gasteiger charge is -2.34. The van der Waals surface area contributed by atoms with Crippen LogP contribution in [0.3, 0.4) is 0 Å². The van der Waals surface area contributed by atoms with E-state index in [1.165, 1.54) is 30.5 Å². The Morgan fingerprint density at radius 1 is 1.32 bits per heavy atom. The zero-order valence-corrected chi connectivity index (χ0v) is 12.2. The lowest BCUT2D eigenvalue weighted by atomic mass is 10.0. The highest BCUT2D eigenvalue weighted by Crippen LogP contribution is 2.21. The summed E-state index contributed by atoms with van der Waals surface area (Å²) in [5.41, 5.74) is 2.59. The summed E-state index contributed by atoms with van der Waals surface area (Å²) in [7, 11) is 1.75. The molecular formula is C16H26N2O. The number of ether oxygens (including phenoxy) is 1. The molecular weight excluding hydrogens is 236 g/mol. The quantitative estimate of drug-likeness (QED) is 0.853. The molecule has 19 heavy (non-hydrogen) atoms. The summed E-state index contributed by atoms with van der Waals surface area (Å²) >= 11 is 0. The van der Waals surface area contributed by atoms with Gasteiger partial charge in [-0.2, -0.15) is 0 Å². The van der Waals surface area contributed by atoms with Crippen LogP contribution in [0.1, 0.15) is 31.7 Å². The topological polar surface area (TPSA) is 24.5 Å². The first-order valence-corrected chi connectivity index (χ1v) is 7.39. The van der Waals surface area contributed by atoms with Gasteiger partial charge in [-0.1, -0.05) is 19.1 Å². The van der Waals surface area contributed by atoms with Gasteiger partial charge in [-0.15, -0.1) is 0 Å². The van der Waals surface area contributed by atoms with Crippen molar-refractivity contribution in [3.05, 3.63) is 29.8 Å². The van der Waals surface area contributed by atoms with Gasteiger partial charge in [0, 0.05) is 31.9 Å². The van der Waals surface area contributed by atoms with E-state index in [9.17, 15) is 0 Å². The fourth-order valence-electron chi connectivity index (χ4n) is 2.70. The van der Waals surface area contributed by atoms with Crippen LogP contribution in [0.5, 0.6) is 0 Å². The van der Waals surface area contributed by atoms with Crippen LogP contribution in [0.4, 0.5) is 5.69 Å². The molecule has 3 nitrogen and oxygen atoms in total. The van der Waals surface area contributed by atoms with Crippen molar-refractivity contribution in [3.63, 3.8) is 0 Å². The number of methoxy groups -OCH3 is 1. The molecule has 1 aliphatic rings. The predicted molar refractivity (Wildman–Crippen MR) is 80.7 cm³/mol. The molecule has 0 atom stereocenters. The molecule has 2 rings (SSSR count). The smallest absolute Gasteiger partial charge is 0.0713 e. The van der Waals surface area contributed by atoms with Crippen molar-refractivity contribution >= 4 is 5.69 Å². The third kappa shape index (κ3) is 4.22. The van der Waals surface area contributed by atoms with Crippen molar-refractivity contribution in [3.8, 4) is 0 Å². The van der Waals surface area contributed by atoms with Crippen LogP contribution in [0.15, 0.2) is 24.3 Å². The second-order valence-corrected chi connectivity index (χ2v) is 5.32. The molecule has 0 saturated carbocycles. The standard InChI is InChI=1S/C16H26N2O/c1-3-9-17-15-7-10-18(11-8-15)16-6-4-5-14(12-16)13-19-2/h4-6,12,15,17H,3,7-11,13H2,1-2H3. The van der Waals surface area contributed by atoms with Crippen LogP contribution < -0.4 is 10.2 Å². The molecule has 0 aromatic heterocycles. The molecule has 0 radical (unpaired) electrons. The molecule has 1 aromatic carbocycles. The number of piperidine rings is 1. The van der Waals surface area contributed by atoms with Crippen LogP contribution in [0.2, 0.25) is 0 Å². The molecule has 1 aromatic rings. The molecule has 3 heteroatoms. The highest BCUT2D eigenvalue weighted by atomic mass is 16.5. The number of nitrogens with one attached hydrogen (secondary N) is 1. The summed E-state index contributed by atoms with van der Waals surface area (Å²) in [6, 6.07) is 9.42. The third-order valence-electron chi connectivity index (χ3n) is 3.76. The number of rotatable bonds is 6. The second-order valence-electron chi connectivity index (χ2n) is 5.32. The van der Waals surface area contributed by atoms with Crippen LogP contribution >= 0.6 is 0 Å². The van der Waals surface area contributed by atoms with Gasteiger partial charge < -0.3 is 15.0 Å². The van der Waals surface area contributed by atoms with Gasteiger partial charge in [-0.3, -0.25) is 0 Å². The van der Waals surface area contributed by atoms with Crippen molar-refractivity contribution in [2.24, 2.45) is 0 Å². The van der Waals surface area contributed by atoms with Gasteiger partial charge in [-0.25, -0.2) is 0 Å². The first-order chi connectivity index (χ1) is 9.33. The van der Waals surface area contributed by atoms with E-state index in [-0.39, 0.29) is 0 Å². The van der Waals surface area contributed by atoms with E-state index in [1.807, 2.05) is 0 Å². The normalized spacial score (nSPS) is 16.8. The summed E-state index contributed by atoms with van der Waals surface area (Å²) < 4.78 is 5.20. The Labute approximate surface area is 116 Å². The van der Waals surface area contributed by atoms with Crippen molar-refractivity contribution < 1.29 is 4.74 Å². The Bertz CT molecular complexity index is 373. The summed E-state index contributed by atoms with van der Waals surface area (Å²) in [5.74, 6) is 0. The lowest BCUT2D eigenvalue weighted by Crippen LogP contribution is -2.42. The first kappa shape index (κ1) is 14.4. The fourth-order valence-corrected chi connectivity index (χ4v) is 2.70. The van der Waals surface area contributed by atoms with Crippen LogP contribution in [-0.2, 0) is 11.3 Å². The molecule has 0 amide bonds. The molecule has 1 heterocycles. The Balaban J connectivity index is 1.88. The lowest BCUT2D eigenvalue weighted by molar-refractivity contribution is 0.185. The Morgan fingerprint density at radius 2 is 2.11 bits per heavy atom. The van der Waals surface area contributed by atoms with E-state index < -0.39 is 0 Å². The third-order valence-corrected chi connectivity index (χ3v) is 3.76. The number of benzene rings is 1. The van der Waals surface area contributed by atoms with Crippen molar-refractivity contribution in [1.82, 2.24) is 5.32 Å². The maximum atomic E-state index is 5.20. The average molecular weight is 262 g/mol. The summed E-state index contributed by atoms with van der Waals surface area (Å²) in [4.78, 5) is 2.49. The summed E-state index contributed by atoms with van der Waals surface area (Å²) in [6.07, 6.45) is 3.71. The zero-order valence-electron chi connectivity index (χ0n) is 12.2. The van der Waals surface area contributed by atoms with E-state index in [0.29, 0.717) is 12.6 Å². The number of hydrogen-bond acceptors (Lipinski definition) is 3. The van der Waals surface area contributed by atoms with E-state index in [4.69, 9.17) is 4.74 Å². The summed E-state index contributed by atoms with van der Waals surface area (Å²) in [6.45, 7) is 6.37. The predicted octanol–water partition coefficient (Wildman–Crippen LogP) is 2.80. The minimum absolute atomic E-state index is 0.697. The number of hydrogen-bond donors (Lipinski definition) is 1. The van der Waals surface area contributed by atoms with Gasteiger partial charge in [0.25, 0.3) is 0 Å². The van der Waals surface area contributed by atoms with Crippen LogP contribution in [0.25, 0.3) is 0 Å². The van der Waals surface area contributed by atoms with Gasteiger partial charge in [0.15, 0.2) is 0 Å². The molecule has 1 saturated heterocycles. The van der Waals surface area contributed by atoms with Crippen LogP contribution in [0, 0.1) is 0 Å². The molecule has 1 aliphatic heterocycles. The second kappa shape index (κ2) is 7.51. The molecule has 0 unspecified atom stereocenters. The van der Waals surface area contributed by atoms with Crippen LogP contribution in [-0.4, -0.2) is 32.8 Å². The molecule has 1 N–H and O–H groups in total.